The fourth-order valence-electron chi connectivity index (χ4n) is 2.93. The van der Waals surface area contributed by atoms with Crippen LogP contribution >= 0.6 is 0 Å². The third-order valence-corrected chi connectivity index (χ3v) is 4.44. The molecule has 0 spiro atoms. The summed E-state index contributed by atoms with van der Waals surface area (Å²) in [6, 6.07) is 22.6. The predicted octanol–water partition coefficient (Wildman–Crippen LogP) is 4.10. The van der Waals surface area contributed by atoms with Crippen LogP contribution in [0.15, 0.2) is 72.8 Å². The van der Waals surface area contributed by atoms with Gasteiger partial charge in [-0.05, 0) is 41.0 Å². The molecule has 0 saturated carbocycles. The van der Waals surface area contributed by atoms with E-state index in [4.69, 9.17) is 14.2 Å². The van der Waals surface area contributed by atoms with Crippen molar-refractivity contribution >= 4 is 17.6 Å². The Labute approximate surface area is 175 Å². The summed E-state index contributed by atoms with van der Waals surface area (Å²) in [6.07, 6.45) is 0.0272. The maximum Gasteiger partial charge on any atom is 0.310 e. The van der Waals surface area contributed by atoms with Gasteiger partial charge in [-0.3, -0.25) is 9.59 Å². The maximum absolute atomic E-state index is 12.1. The largest absolute Gasteiger partial charge is 0.493 e. The molecule has 0 saturated heterocycles. The lowest BCUT2D eigenvalue weighted by Gasteiger charge is -2.10. The van der Waals surface area contributed by atoms with E-state index in [2.05, 4.69) is 5.32 Å². The van der Waals surface area contributed by atoms with Crippen molar-refractivity contribution in [3.05, 3.63) is 78.4 Å². The number of ether oxygens (including phenoxy) is 3. The Bertz CT molecular complexity index is 1000. The SMILES string of the molecule is COc1ccc(CC(=O)OCC(=O)Nc2ccc(-c3ccccc3)cc2)cc1OC. The molecule has 154 valence electrons. The zero-order chi connectivity index (χ0) is 21.3. The number of esters is 1. The first-order valence-electron chi connectivity index (χ1n) is 9.41. The number of carbonyl (C=O) groups excluding carboxylic acids is 2. The van der Waals surface area contributed by atoms with E-state index in [1.807, 2.05) is 54.6 Å². The van der Waals surface area contributed by atoms with Crippen LogP contribution < -0.4 is 14.8 Å². The van der Waals surface area contributed by atoms with Gasteiger partial charge in [0.25, 0.3) is 5.91 Å². The first kappa shape index (κ1) is 20.9. The van der Waals surface area contributed by atoms with Crippen molar-refractivity contribution in [1.82, 2.24) is 0 Å². The van der Waals surface area contributed by atoms with E-state index in [1.165, 1.54) is 7.11 Å². The van der Waals surface area contributed by atoms with E-state index in [0.29, 0.717) is 22.7 Å². The Kier molecular flexibility index (Phi) is 7.05. The second-order valence-electron chi connectivity index (χ2n) is 6.52. The van der Waals surface area contributed by atoms with Crippen LogP contribution in [0.2, 0.25) is 0 Å². The molecule has 0 radical (unpaired) electrons. The summed E-state index contributed by atoms with van der Waals surface area (Å²) < 4.78 is 15.5. The molecule has 0 aliphatic heterocycles. The quantitative estimate of drug-likeness (QED) is 0.571. The standard InChI is InChI=1S/C24H23NO5/c1-28-21-13-8-17(14-22(21)29-2)15-24(27)30-16-23(26)25-20-11-9-19(10-12-20)18-6-4-3-5-7-18/h3-14H,15-16H2,1-2H3,(H,25,26). The number of benzene rings is 3. The highest BCUT2D eigenvalue weighted by Gasteiger charge is 2.11. The van der Waals surface area contributed by atoms with Gasteiger partial charge in [0, 0.05) is 5.69 Å². The van der Waals surface area contributed by atoms with Gasteiger partial charge in [0.1, 0.15) is 0 Å². The van der Waals surface area contributed by atoms with Crippen molar-refractivity contribution in [2.75, 3.05) is 26.1 Å². The van der Waals surface area contributed by atoms with Gasteiger partial charge in [0.05, 0.1) is 20.6 Å². The van der Waals surface area contributed by atoms with Crippen LogP contribution in [0.5, 0.6) is 11.5 Å². The number of amides is 1. The molecule has 6 nitrogen and oxygen atoms in total. The van der Waals surface area contributed by atoms with Crippen molar-refractivity contribution < 1.29 is 23.8 Å². The minimum atomic E-state index is -0.503. The molecule has 0 atom stereocenters. The third kappa shape index (κ3) is 5.61. The van der Waals surface area contributed by atoms with Crippen LogP contribution in [0, 0.1) is 0 Å². The second-order valence-corrected chi connectivity index (χ2v) is 6.52. The van der Waals surface area contributed by atoms with E-state index >= 15 is 0 Å². The highest BCUT2D eigenvalue weighted by molar-refractivity contribution is 5.93. The first-order chi connectivity index (χ1) is 14.6. The molecule has 0 bridgehead atoms. The lowest BCUT2D eigenvalue weighted by molar-refractivity contribution is -0.146. The minimum Gasteiger partial charge on any atom is -0.493 e. The predicted molar refractivity (Wildman–Crippen MR) is 115 cm³/mol. The zero-order valence-electron chi connectivity index (χ0n) is 16.9. The molecule has 0 aromatic heterocycles. The molecule has 3 rings (SSSR count). The van der Waals surface area contributed by atoms with Crippen LogP contribution in [-0.4, -0.2) is 32.7 Å². The summed E-state index contributed by atoms with van der Waals surface area (Å²) in [6.45, 7) is -0.355. The Morgan fingerprint density at radius 1 is 0.800 bits per heavy atom. The summed E-state index contributed by atoms with van der Waals surface area (Å²) in [4.78, 5) is 24.1. The van der Waals surface area contributed by atoms with Crippen LogP contribution in [-0.2, 0) is 20.7 Å². The summed E-state index contributed by atoms with van der Waals surface area (Å²) in [5.41, 5.74) is 3.49. The highest BCUT2D eigenvalue weighted by atomic mass is 16.5. The maximum atomic E-state index is 12.1. The second kappa shape index (κ2) is 10.1. The van der Waals surface area contributed by atoms with Crippen molar-refractivity contribution in [2.45, 2.75) is 6.42 Å². The molecule has 1 N–H and O–H groups in total. The number of hydrogen-bond donors (Lipinski definition) is 1. The van der Waals surface area contributed by atoms with Gasteiger partial charge in [0.2, 0.25) is 0 Å². The molecule has 0 heterocycles. The van der Waals surface area contributed by atoms with Gasteiger partial charge >= 0.3 is 5.97 Å². The van der Waals surface area contributed by atoms with Gasteiger partial charge in [-0.2, -0.15) is 0 Å². The molecule has 0 aliphatic carbocycles. The van der Waals surface area contributed by atoms with Gasteiger partial charge in [0.15, 0.2) is 18.1 Å². The molecule has 0 fully saturated rings. The normalized spacial score (nSPS) is 10.2. The molecule has 1 amide bonds. The van der Waals surface area contributed by atoms with E-state index in [-0.39, 0.29) is 13.0 Å². The summed E-state index contributed by atoms with van der Waals surface area (Å²) in [7, 11) is 3.07. The zero-order valence-corrected chi connectivity index (χ0v) is 16.9. The van der Waals surface area contributed by atoms with Crippen LogP contribution in [0.1, 0.15) is 5.56 Å². The third-order valence-electron chi connectivity index (χ3n) is 4.44. The summed E-state index contributed by atoms with van der Waals surface area (Å²) >= 11 is 0. The van der Waals surface area contributed by atoms with Gasteiger partial charge in [-0.1, -0.05) is 48.5 Å². The summed E-state index contributed by atoms with van der Waals surface area (Å²) in [5, 5.41) is 2.72. The minimum absolute atomic E-state index is 0.0272. The molecule has 6 heteroatoms. The first-order valence-corrected chi connectivity index (χ1v) is 9.41. The molecular weight excluding hydrogens is 382 g/mol. The van der Waals surface area contributed by atoms with Crippen LogP contribution in [0.4, 0.5) is 5.69 Å². The Hall–Kier alpha value is -3.80. The summed E-state index contributed by atoms with van der Waals surface area (Å²) in [5.74, 6) is 0.201. The van der Waals surface area contributed by atoms with Crippen molar-refractivity contribution in [3.8, 4) is 22.6 Å². The Morgan fingerprint density at radius 3 is 2.13 bits per heavy atom. The van der Waals surface area contributed by atoms with E-state index in [9.17, 15) is 9.59 Å². The van der Waals surface area contributed by atoms with Crippen molar-refractivity contribution in [1.29, 1.82) is 0 Å². The molecular formula is C24H23NO5. The number of methoxy groups -OCH3 is 2. The number of rotatable bonds is 8. The molecule has 30 heavy (non-hydrogen) atoms. The molecule has 3 aromatic carbocycles. The topological polar surface area (TPSA) is 73.9 Å². The monoisotopic (exact) mass is 405 g/mol. The molecule has 0 unspecified atom stereocenters. The van der Waals surface area contributed by atoms with Gasteiger partial charge in [-0.15, -0.1) is 0 Å². The average molecular weight is 405 g/mol. The number of carbonyl (C=O) groups is 2. The fourth-order valence-corrected chi connectivity index (χ4v) is 2.93. The fraction of sp³-hybridized carbons (Fsp3) is 0.167. The van der Waals surface area contributed by atoms with Crippen molar-refractivity contribution in [2.24, 2.45) is 0 Å². The average Bonchev–Trinajstić information content (AvgIpc) is 2.78. The van der Waals surface area contributed by atoms with E-state index in [1.54, 1.807) is 25.3 Å². The number of hydrogen-bond acceptors (Lipinski definition) is 5. The number of anilines is 1. The van der Waals surface area contributed by atoms with Crippen LogP contribution in [0.25, 0.3) is 11.1 Å². The lowest BCUT2D eigenvalue weighted by Crippen LogP contribution is -2.21. The van der Waals surface area contributed by atoms with Gasteiger partial charge in [-0.25, -0.2) is 0 Å². The lowest BCUT2D eigenvalue weighted by atomic mass is 10.1. The number of nitrogens with one attached hydrogen (secondary N) is 1. The van der Waals surface area contributed by atoms with Crippen molar-refractivity contribution in [3.63, 3.8) is 0 Å². The molecule has 0 aliphatic rings. The Balaban J connectivity index is 1.49. The smallest absolute Gasteiger partial charge is 0.310 e. The van der Waals surface area contributed by atoms with E-state index in [0.717, 1.165) is 11.1 Å². The van der Waals surface area contributed by atoms with E-state index < -0.39 is 11.9 Å². The molecule has 3 aromatic rings. The highest BCUT2D eigenvalue weighted by Crippen LogP contribution is 2.27. The van der Waals surface area contributed by atoms with Crippen LogP contribution in [0.3, 0.4) is 0 Å². The van der Waals surface area contributed by atoms with Gasteiger partial charge < -0.3 is 19.5 Å². The Morgan fingerprint density at radius 2 is 1.47 bits per heavy atom.